The number of sulfonamides is 1. The second kappa shape index (κ2) is 14.2. The largest absolute Gasteiger partial charge is 0.374 e. The van der Waals surface area contributed by atoms with Gasteiger partial charge in [0.1, 0.15) is 0 Å². The predicted molar refractivity (Wildman–Crippen MR) is 134 cm³/mol. The number of nitrogens with one attached hydrogen (secondary N) is 2. The number of hydrogen-bond donors (Lipinski definition) is 2. The molecule has 9 heteroatoms. The van der Waals surface area contributed by atoms with Gasteiger partial charge in [-0.2, -0.15) is 0 Å². The molecule has 1 aliphatic rings. The van der Waals surface area contributed by atoms with Crippen LogP contribution in [0.5, 0.6) is 0 Å². The predicted octanol–water partition coefficient (Wildman–Crippen LogP) is 3.00. The minimum absolute atomic E-state index is 0. The van der Waals surface area contributed by atoms with Gasteiger partial charge < -0.3 is 15.4 Å². The van der Waals surface area contributed by atoms with Crippen LogP contribution in [0.1, 0.15) is 44.8 Å². The Balaban J connectivity index is 0.00000450. The highest BCUT2D eigenvalue weighted by molar-refractivity contribution is 14.0. The molecule has 1 aliphatic heterocycles. The summed E-state index contributed by atoms with van der Waals surface area (Å²) in [5, 5.41) is 6.63. The summed E-state index contributed by atoms with van der Waals surface area (Å²) < 4.78 is 30.7. The second-order valence-corrected chi connectivity index (χ2v) is 9.51. The monoisotopic (exact) mass is 552 g/mol. The lowest BCUT2D eigenvalue weighted by Gasteiger charge is -2.29. The van der Waals surface area contributed by atoms with Crippen molar-refractivity contribution >= 4 is 40.0 Å². The van der Waals surface area contributed by atoms with E-state index in [2.05, 4.69) is 29.7 Å². The van der Waals surface area contributed by atoms with E-state index in [1.165, 1.54) is 11.8 Å². The third kappa shape index (κ3) is 9.93. The molecule has 2 rings (SSSR count). The molecule has 0 aromatic heterocycles. The molecule has 0 amide bonds. The number of hydrogen-bond acceptors (Lipinski definition) is 4. The van der Waals surface area contributed by atoms with Gasteiger partial charge in [-0.1, -0.05) is 30.3 Å². The zero-order valence-corrected chi connectivity index (χ0v) is 21.5. The van der Waals surface area contributed by atoms with Gasteiger partial charge in [0.25, 0.3) is 0 Å². The molecular formula is C21H37IN4O3S. The SMILES string of the molecule is CCNC(=NCC1CCN(S(C)(=O)=O)CC1)NCCCOC(C)c1ccccc1.I. The lowest BCUT2D eigenvalue weighted by atomic mass is 9.98. The lowest BCUT2D eigenvalue weighted by molar-refractivity contribution is 0.0646. The summed E-state index contributed by atoms with van der Waals surface area (Å²) in [6.45, 7) is 8.32. The normalized spacial score (nSPS) is 17.2. The van der Waals surface area contributed by atoms with Gasteiger partial charge in [0.05, 0.1) is 12.4 Å². The molecule has 1 aromatic carbocycles. The fourth-order valence-corrected chi connectivity index (χ4v) is 4.22. The Morgan fingerprint density at radius 2 is 1.90 bits per heavy atom. The fourth-order valence-electron chi connectivity index (χ4n) is 3.34. The van der Waals surface area contributed by atoms with E-state index in [4.69, 9.17) is 9.73 Å². The van der Waals surface area contributed by atoms with Gasteiger partial charge in [-0.3, -0.25) is 4.99 Å². The molecule has 0 spiro atoms. The van der Waals surface area contributed by atoms with E-state index in [0.717, 1.165) is 38.3 Å². The van der Waals surface area contributed by atoms with Crippen LogP contribution in [0, 0.1) is 5.92 Å². The van der Waals surface area contributed by atoms with Crippen molar-refractivity contribution in [1.29, 1.82) is 0 Å². The highest BCUT2D eigenvalue weighted by Crippen LogP contribution is 2.19. The molecule has 0 radical (unpaired) electrons. The molecule has 0 bridgehead atoms. The van der Waals surface area contributed by atoms with Crippen molar-refractivity contribution < 1.29 is 13.2 Å². The number of benzene rings is 1. The van der Waals surface area contributed by atoms with E-state index >= 15 is 0 Å². The second-order valence-electron chi connectivity index (χ2n) is 7.53. The number of aliphatic imine (C=N–C) groups is 1. The maximum absolute atomic E-state index is 11.6. The van der Waals surface area contributed by atoms with Gasteiger partial charge in [0.2, 0.25) is 10.0 Å². The number of halogens is 1. The Kier molecular flexibility index (Phi) is 12.8. The molecule has 0 saturated carbocycles. The van der Waals surface area contributed by atoms with Crippen molar-refractivity contribution in [3.63, 3.8) is 0 Å². The standard InChI is InChI=1S/C21H36N4O3S.HI/c1-4-22-21(24-17-19-11-14-25(15-12-19)29(3,26)27)23-13-8-16-28-18(2)20-9-6-5-7-10-20;/h5-7,9-10,18-19H,4,8,11-17H2,1-3H3,(H2,22,23,24);1H. The Morgan fingerprint density at radius 3 is 2.50 bits per heavy atom. The van der Waals surface area contributed by atoms with Crippen LogP contribution < -0.4 is 10.6 Å². The van der Waals surface area contributed by atoms with Crippen LogP contribution in [0.3, 0.4) is 0 Å². The molecule has 1 aromatic rings. The zero-order chi connectivity index (χ0) is 21.1. The van der Waals surface area contributed by atoms with Crippen LogP contribution in [0.2, 0.25) is 0 Å². The zero-order valence-electron chi connectivity index (χ0n) is 18.3. The van der Waals surface area contributed by atoms with Crippen LogP contribution >= 0.6 is 24.0 Å². The Bertz CT molecular complexity index is 723. The van der Waals surface area contributed by atoms with Gasteiger partial charge in [0.15, 0.2) is 5.96 Å². The summed E-state index contributed by atoms with van der Waals surface area (Å²) in [4.78, 5) is 4.69. The fraction of sp³-hybridized carbons (Fsp3) is 0.667. The van der Waals surface area contributed by atoms with Crippen molar-refractivity contribution in [1.82, 2.24) is 14.9 Å². The lowest BCUT2D eigenvalue weighted by Crippen LogP contribution is -2.40. The van der Waals surface area contributed by atoms with Crippen LogP contribution in [-0.4, -0.2) is 64.3 Å². The smallest absolute Gasteiger partial charge is 0.211 e. The van der Waals surface area contributed by atoms with Crippen molar-refractivity contribution in [2.45, 2.75) is 39.2 Å². The molecule has 0 aliphatic carbocycles. The molecule has 1 saturated heterocycles. The third-order valence-corrected chi connectivity index (χ3v) is 6.45. The molecule has 7 nitrogen and oxygen atoms in total. The van der Waals surface area contributed by atoms with Crippen LogP contribution in [0.4, 0.5) is 0 Å². The maximum atomic E-state index is 11.6. The highest BCUT2D eigenvalue weighted by Gasteiger charge is 2.24. The van der Waals surface area contributed by atoms with Crippen molar-refractivity contribution in [3.05, 3.63) is 35.9 Å². The molecule has 30 heavy (non-hydrogen) atoms. The average Bonchev–Trinajstić information content (AvgIpc) is 2.71. The third-order valence-electron chi connectivity index (χ3n) is 5.14. The molecule has 1 fully saturated rings. The van der Waals surface area contributed by atoms with Crippen molar-refractivity contribution in [2.24, 2.45) is 10.9 Å². The molecule has 1 heterocycles. The number of rotatable bonds is 10. The van der Waals surface area contributed by atoms with E-state index in [1.807, 2.05) is 25.1 Å². The average molecular weight is 553 g/mol. The van der Waals surface area contributed by atoms with Crippen LogP contribution in [0.25, 0.3) is 0 Å². The van der Waals surface area contributed by atoms with E-state index in [9.17, 15) is 8.42 Å². The van der Waals surface area contributed by atoms with Gasteiger partial charge >= 0.3 is 0 Å². The topological polar surface area (TPSA) is 83.0 Å². The number of nitrogens with zero attached hydrogens (tertiary/aromatic N) is 2. The van der Waals surface area contributed by atoms with Crippen LogP contribution in [0.15, 0.2) is 35.3 Å². The van der Waals surface area contributed by atoms with Crippen molar-refractivity contribution in [2.75, 3.05) is 45.6 Å². The molecular weight excluding hydrogens is 515 g/mol. The van der Waals surface area contributed by atoms with E-state index < -0.39 is 10.0 Å². The first-order valence-electron chi connectivity index (χ1n) is 10.5. The molecule has 1 unspecified atom stereocenters. The molecule has 2 N–H and O–H groups in total. The summed E-state index contributed by atoms with van der Waals surface area (Å²) in [6, 6.07) is 10.2. The highest BCUT2D eigenvalue weighted by atomic mass is 127. The molecule has 172 valence electrons. The molecule has 1 atom stereocenters. The first kappa shape index (κ1) is 27.1. The summed E-state index contributed by atoms with van der Waals surface area (Å²) in [5.41, 5.74) is 1.19. The number of guanidine groups is 1. The first-order valence-corrected chi connectivity index (χ1v) is 12.4. The summed E-state index contributed by atoms with van der Waals surface area (Å²) in [5.74, 6) is 1.24. The first-order chi connectivity index (χ1) is 13.9. The van der Waals surface area contributed by atoms with Gasteiger partial charge in [-0.05, 0) is 44.6 Å². The Labute approximate surface area is 199 Å². The summed E-state index contributed by atoms with van der Waals surface area (Å²) >= 11 is 0. The van der Waals surface area contributed by atoms with Crippen LogP contribution in [-0.2, 0) is 14.8 Å². The summed E-state index contributed by atoms with van der Waals surface area (Å²) in [7, 11) is -3.07. The van der Waals surface area contributed by atoms with E-state index in [0.29, 0.717) is 32.2 Å². The summed E-state index contributed by atoms with van der Waals surface area (Å²) in [6.07, 6.45) is 4.00. The van der Waals surface area contributed by atoms with E-state index in [-0.39, 0.29) is 30.1 Å². The number of piperidine rings is 1. The maximum Gasteiger partial charge on any atom is 0.211 e. The number of ether oxygens (including phenoxy) is 1. The Morgan fingerprint density at radius 1 is 1.23 bits per heavy atom. The van der Waals surface area contributed by atoms with E-state index in [1.54, 1.807) is 4.31 Å². The minimum atomic E-state index is -3.07. The van der Waals surface area contributed by atoms with Gasteiger partial charge in [0, 0.05) is 39.3 Å². The quantitative estimate of drug-likeness (QED) is 0.202. The Hall–Kier alpha value is -0.910. The van der Waals surface area contributed by atoms with Gasteiger partial charge in [-0.25, -0.2) is 12.7 Å². The minimum Gasteiger partial charge on any atom is -0.374 e. The van der Waals surface area contributed by atoms with Crippen molar-refractivity contribution in [3.8, 4) is 0 Å². The van der Waals surface area contributed by atoms with Gasteiger partial charge in [-0.15, -0.1) is 24.0 Å².